The van der Waals surface area contributed by atoms with Crippen molar-refractivity contribution in [2.24, 2.45) is 7.05 Å². The zero-order valence-corrected chi connectivity index (χ0v) is 16.2. The van der Waals surface area contributed by atoms with Crippen LogP contribution in [0, 0.1) is 6.92 Å². The number of rotatable bonds is 3. The van der Waals surface area contributed by atoms with Gasteiger partial charge in [0.25, 0.3) is 5.91 Å². The number of thiocarbonyl (C=S) groups is 1. The van der Waals surface area contributed by atoms with Crippen molar-refractivity contribution in [1.82, 2.24) is 9.47 Å². The highest BCUT2D eigenvalue weighted by Gasteiger charge is 2.32. The topological polar surface area (TPSA) is 25.2 Å². The summed E-state index contributed by atoms with van der Waals surface area (Å²) in [5.74, 6) is -0.0174. The molecule has 3 aromatic rings. The normalized spacial score (nSPS) is 16.2. The maximum atomic E-state index is 12.9. The van der Waals surface area contributed by atoms with Gasteiger partial charge in [-0.2, -0.15) is 0 Å². The Morgan fingerprint density at radius 1 is 1.08 bits per heavy atom. The second-order valence-corrected chi connectivity index (χ2v) is 8.00. The van der Waals surface area contributed by atoms with Crippen molar-refractivity contribution in [1.29, 1.82) is 0 Å². The van der Waals surface area contributed by atoms with E-state index in [9.17, 15) is 4.79 Å². The Morgan fingerprint density at radius 3 is 2.54 bits per heavy atom. The Labute approximate surface area is 162 Å². The van der Waals surface area contributed by atoms with Crippen LogP contribution in [0.25, 0.3) is 17.0 Å². The summed E-state index contributed by atoms with van der Waals surface area (Å²) >= 11 is 6.85. The number of fused-ring (bicyclic) bond motifs is 1. The number of nitrogens with zero attached hydrogens (tertiary/aromatic N) is 2. The number of para-hydroxylation sites is 1. The molecule has 1 aromatic heterocycles. The smallest absolute Gasteiger partial charge is 0.266 e. The van der Waals surface area contributed by atoms with E-state index in [1.165, 1.54) is 11.8 Å². The second-order valence-electron chi connectivity index (χ2n) is 6.33. The van der Waals surface area contributed by atoms with Crippen LogP contribution in [0.4, 0.5) is 0 Å². The molecule has 0 spiro atoms. The van der Waals surface area contributed by atoms with Crippen molar-refractivity contribution in [3.8, 4) is 0 Å². The monoisotopic (exact) mass is 378 g/mol. The predicted octanol–water partition coefficient (Wildman–Crippen LogP) is 4.89. The maximum absolute atomic E-state index is 12.9. The van der Waals surface area contributed by atoms with Crippen LogP contribution in [0.15, 0.2) is 59.5 Å². The third-order valence-electron chi connectivity index (χ3n) is 4.78. The molecule has 130 valence electrons. The molecule has 5 heteroatoms. The van der Waals surface area contributed by atoms with Crippen LogP contribution in [0.5, 0.6) is 0 Å². The van der Waals surface area contributed by atoms with E-state index < -0.39 is 0 Å². The lowest BCUT2D eigenvalue weighted by molar-refractivity contribution is -0.122. The Morgan fingerprint density at radius 2 is 1.77 bits per heavy atom. The molecule has 1 saturated heterocycles. The lowest BCUT2D eigenvalue weighted by Crippen LogP contribution is -2.27. The summed E-state index contributed by atoms with van der Waals surface area (Å²) in [7, 11) is 2.05. The number of hydrogen-bond donors (Lipinski definition) is 0. The van der Waals surface area contributed by atoms with Crippen molar-refractivity contribution >= 4 is 51.2 Å². The predicted molar refractivity (Wildman–Crippen MR) is 113 cm³/mol. The highest BCUT2D eigenvalue weighted by molar-refractivity contribution is 8.26. The molecule has 0 bridgehead atoms. The van der Waals surface area contributed by atoms with Crippen molar-refractivity contribution < 1.29 is 4.79 Å². The summed E-state index contributed by atoms with van der Waals surface area (Å²) in [6.07, 6.45) is 1.99. The lowest BCUT2D eigenvalue weighted by atomic mass is 10.1. The minimum Gasteiger partial charge on any atom is -0.347 e. The molecule has 1 aliphatic heterocycles. The third kappa shape index (κ3) is 2.87. The standard InChI is InChI=1S/C21H18N2OS2/c1-14-17(16-10-6-7-11-18(16)22(14)2)12-19-20(24)23(21(25)26-19)13-15-8-4-3-5-9-15/h3-12H,13H2,1-2H3/b19-12+. The van der Waals surface area contributed by atoms with Gasteiger partial charge in [0.2, 0.25) is 0 Å². The molecule has 0 unspecified atom stereocenters. The van der Waals surface area contributed by atoms with Gasteiger partial charge in [0, 0.05) is 29.2 Å². The number of hydrogen-bond acceptors (Lipinski definition) is 3. The van der Waals surface area contributed by atoms with E-state index in [1.807, 2.05) is 48.5 Å². The summed E-state index contributed by atoms with van der Waals surface area (Å²) in [5, 5.41) is 1.15. The van der Waals surface area contributed by atoms with Crippen LogP contribution >= 0.6 is 24.0 Å². The largest absolute Gasteiger partial charge is 0.347 e. The van der Waals surface area contributed by atoms with Gasteiger partial charge in [-0.25, -0.2) is 0 Å². The SMILES string of the molecule is Cc1c(/C=C2/SC(=S)N(Cc3ccccc3)C2=O)c2ccccc2n1C. The molecule has 1 amide bonds. The third-order valence-corrected chi connectivity index (χ3v) is 6.16. The Hall–Kier alpha value is -2.37. The molecule has 1 aliphatic rings. The fourth-order valence-electron chi connectivity index (χ4n) is 3.27. The molecule has 0 atom stereocenters. The number of carbonyl (C=O) groups excluding carboxylic acids is 1. The fraction of sp³-hybridized carbons (Fsp3) is 0.143. The van der Waals surface area contributed by atoms with E-state index in [1.54, 1.807) is 4.90 Å². The molecule has 2 heterocycles. The highest BCUT2D eigenvalue weighted by Crippen LogP contribution is 2.36. The highest BCUT2D eigenvalue weighted by atomic mass is 32.2. The van der Waals surface area contributed by atoms with Gasteiger partial charge < -0.3 is 4.57 Å². The van der Waals surface area contributed by atoms with E-state index in [0.717, 1.165) is 27.7 Å². The molecule has 2 aromatic carbocycles. The second kappa shape index (κ2) is 6.74. The first-order chi connectivity index (χ1) is 12.6. The van der Waals surface area contributed by atoms with Crippen molar-refractivity contribution in [3.05, 3.63) is 76.3 Å². The van der Waals surface area contributed by atoms with E-state index in [4.69, 9.17) is 12.2 Å². The van der Waals surface area contributed by atoms with Gasteiger partial charge in [-0.05, 0) is 24.6 Å². The summed E-state index contributed by atoms with van der Waals surface area (Å²) in [6.45, 7) is 2.59. The minimum absolute atomic E-state index is 0.0174. The van der Waals surface area contributed by atoms with Gasteiger partial charge in [0.1, 0.15) is 4.32 Å². The van der Waals surface area contributed by atoms with Crippen molar-refractivity contribution in [2.75, 3.05) is 0 Å². The number of thioether (sulfide) groups is 1. The van der Waals surface area contributed by atoms with Crippen LogP contribution in [0.3, 0.4) is 0 Å². The van der Waals surface area contributed by atoms with Crippen LogP contribution < -0.4 is 0 Å². The van der Waals surface area contributed by atoms with Crippen molar-refractivity contribution in [3.63, 3.8) is 0 Å². The van der Waals surface area contributed by atoms with Crippen LogP contribution in [-0.2, 0) is 18.4 Å². The molecule has 0 saturated carbocycles. The van der Waals surface area contributed by atoms with E-state index in [2.05, 4.69) is 30.7 Å². The quantitative estimate of drug-likeness (QED) is 0.479. The van der Waals surface area contributed by atoms with Gasteiger partial charge in [0.15, 0.2) is 0 Å². The average molecular weight is 379 g/mol. The first-order valence-corrected chi connectivity index (χ1v) is 9.62. The molecular formula is C21H18N2OS2. The Bertz CT molecular complexity index is 1050. The van der Waals surface area contributed by atoms with Crippen molar-refractivity contribution in [2.45, 2.75) is 13.5 Å². The molecular weight excluding hydrogens is 360 g/mol. The zero-order valence-electron chi connectivity index (χ0n) is 14.6. The van der Waals surface area contributed by atoms with E-state index in [-0.39, 0.29) is 5.91 Å². The van der Waals surface area contributed by atoms with E-state index in [0.29, 0.717) is 15.8 Å². The number of benzene rings is 2. The lowest BCUT2D eigenvalue weighted by Gasteiger charge is -2.14. The molecule has 3 nitrogen and oxygen atoms in total. The Balaban J connectivity index is 1.70. The number of amides is 1. The van der Waals surface area contributed by atoms with Gasteiger partial charge >= 0.3 is 0 Å². The summed E-state index contributed by atoms with van der Waals surface area (Å²) in [6, 6.07) is 18.2. The first kappa shape index (κ1) is 17.1. The Kier molecular flexibility index (Phi) is 4.42. The van der Waals surface area contributed by atoms with Crippen LogP contribution in [-0.4, -0.2) is 19.7 Å². The maximum Gasteiger partial charge on any atom is 0.266 e. The van der Waals surface area contributed by atoms with E-state index >= 15 is 0 Å². The number of aryl methyl sites for hydroxylation is 1. The van der Waals surface area contributed by atoms with Crippen LogP contribution in [0.1, 0.15) is 16.8 Å². The van der Waals surface area contributed by atoms with Gasteiger partial charge in [-0.15, -0.1) is 0 Å². The number of carbonyl (C=O) groups is 1. The fourth-order valence-corrected chi connectivity index (χ4v) is 4.50. The molecule has 1 fully saturated rings. The molecule has 4 rings (SSSR count). The summed E-state index contributed by atoms with van der Waals surface area (Å²) < 4.78 is 2.77. The minimum atomic E-state index is -0.0174. The van der Waals surface area contributed by atoms with Gasteiger partial charge in [0.05, 0.1) is 11.4 Å². The van der Waals surface area contributed by atoms with Gasteiger partial charge in [-0.1, -0.05) is 72.5 Å². The average Bonchev–Trinajstić information content (AvgIpc) is 3.06. The molecule has 0 radical (unpaired) electrons. The van der Waals surface area contributed by atoms with Gasteiger partial charge in [-0.3, -0.25) is 9.69 Å². The van der Waals surface area contributed by atoms with Crippen LogP contribution in [0.2, 0.25) is 0 Å². The zero-order chi connectivity index (χ0) is 18.3. The molecule has 0 aliphatic carbocycles. The molecule has 26 heavy (non-hydrogen) atoms. The summed E-state index contributed by atoms with van der Waals surface area (Å²) in [5.41, 5.74) is 4.46. The number of aromatic nitrogens is 1. The first-order valence-electron chi connectivity index (χ1n) is 8.39. The summed E-state index contributed by atoms with van der Waals surface area (Å²) in [4.78, 5) is 15.3. The molecule has 0 N–H and O–H groups in total.